The molecule has 4 aromatic carbocycles. The van der Waals surface area contributed by atoms with Gasteiger partial charge >= 0.3 is 0 Å². The van der Waals surface area contributed by atoms with Crippen molar-refractivity contribution < 1.29 is 22.7 Å². The van der Waals surface area contributed by atoms with Crippen LogP contribution in [0.5, 0.6) is 5.75 Å². The number of carbonyl (C=O) groups excluding carboxylic acids is 2. The zero-order chi connectivity index (χ0) is 33.3. The van der Waals surface area contributed by atoms with Gasteiger partial charge in [0.15, 0.2) is 0 Å². The maximum absolute atomic E-state index is 14.6. The van der Waals surface area contributed by atoms with Crippen molar-refractivity contribution in [2.24, 2.45) is 0 Å². The SMILES string of the molecule is CC[C@H](C)NC(=O)[C@H](Cc1ccccc1)N(Cc1ccccc1Cl)C(=O)CN(c1cccc(OC)c1)S(=O)(=O)c1ccc(C)cc1. The third-order valence-electron chi connectivity index (χ3n) is 7.80. The Morgan fingerprint density at radius 2 is 1.59 bits per heavy atom. The molecule has 0 bridgehead atoms. The second-order valence-corrected chi connectivity index (χ2v) is 13.4. The molecule has 0 heterocycles. The predicted molar refractivity (Wildman–Crippen MR) is 183 cm³/mol. The summed E-state index contributed by atoms with van der Waals surface area (Å²) in [6.07, 6.45) is 0.907. The molecule has 0 radical (unpaired) electrons. The molecule has 0 aliphatic heterocycles. The Hall–Kier alpha value is -4.34. The van der Waals surface area contributed by atoms with E-state index in [0.29, 0.717) is 22.8 Å². The first kappa shape index (κ1) is 34.5. The molecule has 4 rings (SSSR count). The molecule has 46 heavy (non-hydrogen) atoms. The summed E-state index contributed by atoms with van der Waals surface area (Å²) in [4.78, 5) is 30.0. The van der Waals surface area contributed by atoms with Gasteiger partial charge in [-0.25, -0.2) is 8.42 Å². The number of methoxy groups -OCH3 is 1. The lowest BCUT2D eigenvalue weighted by Crippen LogP contribution is -2.54. The molecule has 10 heteroatoms. The minimum Gasteiger partial charge on any atom is -0.497 e. The summed E-state index contributed by atoms with van der Waals surface area (Å²) in [5.74, 6) is -0.483. The highest BCUT2D eigenvalue weighted by Gasteiger charge is 2.35. The van der Waals surface area contributed by atoms with Crippen LogP contribution in [0.2, 0.25) is 5.02 Å². The fraction of sp³-hybridized carbons (Fsp3) is 0.278. The zero-order valence-electron chi connectivity index (χ0n) is 26.5. The first-order valence-electron chi connectivity index (χ1n) is 15.1. The predicted octanol–water partition coefficient (Wildman–Crippen LogP) is 6.41. The minimum atomic E-state index is -4.23. The van der Waals surface area contributed by atoms with E-state index in [1.807, 2.05) is 51.1 Å². The van der Waals surface area contributed by atoms with Gasteiger partial charge in [-0.05, 0) is 61.7 Å². The molecule has 0 aromatic heterocycles. The van der Waals surface area contributed by atoms with Crippen molar-refractivity contribution in [1.82, 2.24) is 10.2 Å². The lowest BCUT2D eigenvalue weighted by atomic mass is 10.0. The molecular formula is C36H40ClN3O5S. The largest absolute Gasteiger partial charge is 0.497 e. The summed E-state index contributed by atoms with van der Waals surface area (Å²) in [5.41, 5.74) is 2.61. The van der Waals surface area contributed by atoms with Gasteiger partial charge in [0.25, 0.3) is 10.0 Å². The first-order valence-corrected chi connectivity index (χ1v) is 17.0. The van der Waals surface area contributed by atoms with Gasteiger partial charge in [0.1, 0.15) is 18.3 Å². The summed E-state index contributed by atoms with van der Waals surface area (Å²) < 4.78 is 34.9. The van der Waals surface area contributed by atoms with Gasteiger partial charge in [-0.2, -0.15) is 0 Å². The molecule has 242 valence electrons. The Labute approximate surface area is 277 Å². The van der Waals surface area contributed by atoms with Crippen LogP contribution in [0.4, 0.5) is 5.69 Å². The maximum atomic E-state index is 14.6. The van der Waals surface area contributed by atoms with E-state index in [0.717, 1.165) is 15.4 Å². The molecule has 0 spiro atoms. The van der Waals surface area contributed by atoms with Crippen molar-refractivity contribution >= 4 is 39.1 Å². The number of hydrogen-bond donors (Lipinski definition) is 1. The van der Waals surface area contributed by atoms with Crippen molar-refractivity contribution in [1.29, 1.82) is 0 Å². The number of nitrogens with one attached hydrogen (secondary N) is 1. The Bertz CT molecular complexity index is 1730. The van der Waals surface area contributed by atoms with Crippen LogP contribution in [0.3, 0.4) is 0 Å². The zero-order valence-corrected chi connectivity index (χ0v) is 28.1. The van der Waals surface area contributed by atoms with E-state index in [1.165, 1.54) is 24.1 Å². The van der Waals surface area contributed by atoms with Crippen LogP contribution in [0.15, 0.2) is 108 Å². The monoisotopic (exact) mass is 661 g/mol. The number of nitrogens with zero attached hydrogens (tertiary/aromatic N) is 2. The van der Waals surface area contributed by atoms with Crippen LogP contribution < -0.4 is 14.4 Å². The number of aryl methyl sites for hydroxylation is 1. The number of carbonyl (C=O) groups is 2. The Morgan fingerprint density at radius 1 is 0.913 bits per heavy atom. The van der Waals surface area contributed by atoms with Gasteiger partial charge in [0, 0.05) is 30.1 Å². The molecule has 0 fully saturated rings. The van der Waals surface area contributed by atoms with Crippen LogP contribution >= 0.6 is 11.6 Å². The van der Waals surface area contributed by atoms with Gasteiger partial charge in [-0.1, -0.05) is 90.8 Å². The van der Waals surface area contributed by atoms with Gasteiger partial charge < -0.3 is 15.0 Å². The fourth-order valence-corrected chi connectivity index (χ4v) is 6.54. The molecule has 0 unspecified atom stereocenters. The van der Waals surface area contributed by atoms with Gasteiger partial charge in [-0.15, -0.1) is 0 Å². The highest BCUT2D eigenvalue weighted by molar-refractivity contribution is 7.92. The summed E-state index contributed by atoms with van der Waals surface area (Å²) in [5, 5.41) is 3.46. The van der Waals surface area contributed by atoms with Crippen molar-refractivity contribution in [2.75, 3.05) is 18.0 Å². The van der Waals surface area contributed by atoms with Crippen LogP contribution in [0.1, 0.15) is 37.0 Å². The Morgan fingerprint density at radius 3 is 2.24 bits per heavy atom. The van der Waals surface area contributed by atoms with E-state index >= 15 is 0 Å². The van der Waals surface area contributed by atoms with E-state index in [-0.39, 0.29) is 35.5 Å². The number of sulfonamides is 1. The molecular weight excluding hydrogens is 622 g/mol. The van der Waals surface area contributed by atoms with E-state index in [9.17, 15) is 18.0 Å². The summed E-state index contributed by atoms with van der Waals surface area (Å²) in [6, 6.07) is 28.4. The summed E-state index contributed by atoms with van der Waals surface area (Å²) in [7, 11) is -2.74. The molecule has 1 N–H and O–H groups in total. The normalized spacial score (nSPS) is 12.5. The lowest BCUT2D eigenvalue weighted by molar-refractivity contribution is -0.140. The van der Waals surface area contributed by atoms with Crippen LogP contribution in [0.25, 0.3) is 0 Å². The average Bonchev–Trinajstić information content (AvgIpc) is 3.06. The third kappa shape index (κ3) is 8.68. The standard InChI is InChI=1S/C36H40ClN3O5S/c1-5-27(3)38-36(42)34(22-28-12-7-6-8-13-28)39(24-29-14-9-10-17-33(29)37)35(41)25-40(30-15-11-16-31(23-30)45-4)46(43,44)32-20-18-26(2)19-21-32/h6-21,23,27,34H,5,22,24-25H2,1-4H3,(H,38,42)/t27-,34-/m0/s1. The highest BCUT2D eigenvalue weighted by Crippen LogP contribution is 2.28. The minimum absolute atomic E-state index is 0.0134. The molecule has 2 atom stereocenters. The third-order valence-corrected chi connectivity index (χ3v) is 9.96. The maximum Gasteiger partial charge on any atom is 0.264 e. The smallest absolute Gasteiger partial charge is 0.264 e. The number of hydrogen-bond acceptors (Lipinski definition) is 5. The van der Waals surface area contributed by atoms with Crippen LogP contribution in [0, 0.1) is 6.92 Å². The number of rotatable bonds is 14. The second-order valence-electron chi connectivity index (χ2n) is 11.2. The number of ether oxygens (including phenoxy) is 1. The van der Waals surface area contributed by atoms with E-state index in [1.54, 1.807) is 60.7 Å². The quantitative estimate of drug-likeness (QED) is 0.169. The highest BCUT2D eigenvalue weighted by atomic mass is 35.5. The van der Waals surface area contributed by atoms with Gasteiger partial charge in [-0.3, -0.25) is 13.9 Å². The van der Waals surface area contributed by atoms with Gasteiger partial charge in [0.05, 0.1) is 17.7 Å². The van der Waals surface area contributed by atoms with Crippen LogP contribution in [-0.4, -0.2) is 50.9 Å². The summed E-state index contributed by atoms with van der Waals surface area (Å²) in [6.45, 7) is 5.14. The topological polar surface area (TPSA) is 96.0 Å². The van der Waals surface area contributed by atoms with Crippen molar-refractivity contribution in [3.8, 4) is 5.75 Å². The molecule has 2 amide bonds. The lowest BCUT2D eigenvalue weighted by Gasteiger charge is -2.34. The van der Waals surface area contributed by atoms with Crippen molar-refractivity contribution in [2.45, 2.75) is 57.1 Å². The number of anilines is 1. The second kappa shape index (κ2) is 15.8. The molecule has 0 saturated heterocycles. The molecule has 0 aliphatic rings. The molecule has 8 nitrogen and oxygen atoms in total. The Balaban J connectivity index is 1.83. The first-order chi connectivity index (χ1) is 22.0. The molecule has 4 aromatic rings. The number of benzene rings is 4. The summed E-state index contributed by atoms with van der Waals surface area (Å²) >= 11 is 6.57. The average molecular weight is 662 g/mol. The number of amides is 2. The van der Waals surface area contributed by atoms with Gasteiger partial charge in [0.2, 0.25) is 11.8 Å². The fourth-order valence-electron chi connectivity index (χ4n) is 4.94. The van der Waals surface area contributed by atoms with E-state index in [4.69, 9.17) is 16.3 Å². The molecule has 0 saturated carbocycles. The van der Waals surface area contributed by atoms with E-state index in [2.05, 4.69) is 5.32 Å². The van der Waals surface area contributed by atoms with Crippen molar-refractivity contribution in [3.63, 3.8) is 0 Å². The van der Waals surface area contributed by atoms with Crippen LogP contribution in [-0.2, 0) is 32.6 Å². The number of halogens is 1. The van der Waals surface area contributed by atoms with Crippen molar-refractivity contribution in [3.05, 3.63) is 125 Å². The Kier molecular flexibility index (Phi) is 11.8. The molecule has 0 aliphatic carbocycles. The van der Waals surface area contributed by atoms with E-state index < -0.39 is 28.5 Å².